The molecule has 2 aromatic heterocycles. The van der Waals surface area contributed by atoms with Gasteiger partial charge in [-0.1, -0.05) is 36.7 Å². The molecule has 5 heteroatoms. The molecule has 3 aromatic rings. The van der Waals surface area contributed by atoms with Crippen LogP contribution >= 0.6 is 11.6 Å². The molecule has 0 aliphatic carbocycles. The van der Waals surface area contributed by atoms with Gasteiger partial charge >= 0.3 is 0 Å². The molecular weight excluding hydrogens is 348 g/mol. The van der Waals surface area contributed by atoms with Crippen molar-refractivity contribution in [3.63, 3.8) is 0 Å². The van der Waals surface area contributed by atoms with Gasteiger partial charge in [0.2, 0.25) is 0 Å². The summed E-state index contributed by atoms with van der Waals surface area (Å²) in [5.41, 5.74) is 2.11. The van der Waals surface area contributed by atoms with Crippen LogP contribution in [-0.4, -0.2) is 21.4 Å². The van der Waals surface area contributed by atoms with Gasteiger partial charge in [0.1, 0.15) is 0 Å². The lowest BCUT2D eigenvalue weighted by Crippen LogP contribution is -2.38. The Balaban J connectivity index is 1.83. The van der Waals surface area contributed by atoms with E-state index in [1.165, 1.54) is 6.26 Å². The van der Waals surface area contributed by atoms with Gasteiger partial charge < -0.3 is 13.9 Å². The Hall–Kier alpha value is -2.46. The Kier molecular flexibility index (Phi) is 5.84. The van der Waals surface area contributed by atoms with E-state index in [0.717, 1.165) is 22.7 Å². The smallest absolute Gasteiger partial charge is 0.290 e. The summed E-state index contributed by atoms with van der Waals surface area (Å²) in [7, 11) is 0. The number of halogens is 1. The first-order chi connectivity index (χ1) is 12.6. The number of hydrogen-bond acceptors (Lipinski definition) is 2. The first kappa shape index (κ1) is 18.3. The highest BCUT2D eigenvalue weighted by Crippen LogP contribution is 2.20. The second-order valence-electron chi connectivity index (χ2n) is 6.39. The normalized spacial score (nSPS) is 12.1. The maximum absolute atomic E-state index is 12.9. The topological polar surface area (TPSA) is 38.4 Å². The molecule has 0 radical (unpaired) electrons. The van der Waals surface area contributed by atoms with Crippen molar-refractivity contribution in [3.05, 3.63) is 83.0 Å². The molecule has 3 rings (SSSR count). The maximum atomic E-state index is 12.9. The molecule has 2 heterocycles. The fourth-order valence-corrected chi connectivity index (χ4v) is 3.12. The fraction of sp³-hybridized carbons (Fsp3) is 0.286. The molecular formula is C21H23ClN2O2. The van der Waals surface area contributed by atoms with E-state index in [9.17, 15) is 4.79 Å². The molecule has 1 unspecified atom stereocenters. The maximum Gasteiger partial charge on any atom is 0.290 e. The zero-order chi connectivity index (χ0) is 18.5. The number of nitrogens with zero attached hydrogens (tertiary/aromatic N) is 2. The monoisotopic (exact) mass is 370 g/mol. The van der Waals surface area contributed by atoms with E-state index in [0.29, 0.717) is 18.8 Å². The van der Waals surface area contributed by atoms with Gasteiger partial charge in [-0.2, -0.15) is 0 Å². The minimum absolute atomic E-state index is 0.0881. The van der Waals surface area contributed by atoms with Crippen molar-refractivity contribution >= 4 is 17.5 Å². The van der Waals surface area contributed by atoms with Gasteiger partial charge in [-0.3, -0.25) is 4.79 Å². The minimum atomic E-state index is -0.0881. The van der Waals surface area contributed by atoms with Crippen LogP contribution in [0.1, 0.15) is 42.1 Å². The van der Waals surface area contributed by atoms with Gasteiger partial charge in [0.25, 0.3) is 5.91 Å². The number of aromatic nitrogens is 1. The number of carbonyl (C=O) groups is 1. The summed E-state index contributed by atoms with van der Waals surface area (Å²) in [6.07, 6.45) is 4.42. The summed E-state index contributed by atoms with van der Waals surface area (Å²) in [6.45, 7) is 5.33. The second kappa shape index (κ2) is 8.28. The standard InChI is InChI=1S/C21H23ClN2O2/c1-3-16(2)24(21(25)20-11-7-13-26-20)15-18-9-6-12-23(18)14-17-8-4-5-10-19(17)22/h4-13,16H,3,14-15H2,1-2H3. The molecule has 0 spiro atoms. The number of hydrogen-bond donors (Lipinski definition) is 0. The Morgan fingerprint density at radius 3 is 2.69 bits per heavy atom. The minimum Gasteiger partial charge on any atom is -0.459 e. The van der Waals surface area contributed by atoms with E-state index in [4.69, 9.17) is 16.0 Å². The number of amides is 1. The van der Waals surface area contributed by atoms with Crippen LogP contribution in [-0.2, 0) is 13.1 Å². The molecule has 0 saturated carbocycles. The predicted octanol–water partition coefficient (Wildman–Crippen LogP) is 5.22. The average Bonchev–Trinajstić information content (AvgIpc) is 3.32. The third-order valence-corrected chi connectivity index (χ3v) is 5.04. The molecule has 0 saturated heterocycles. The lowest BCUT2D eigenvalue weighted by Gasteiger charge is -2.28. The third kappa shape index (κ3) is 4.02. The Labute approximate surface area is 159 Å². The predicted molar refractivity (Wildman–Crippen MR) is 103 cm³/mol. The van der Waals surface area contributed by atoms with Crippen LogP contribution in [0.15, 0.2) is 65.4 Å². The molecule has 26 heavy (non-hydrogen) atoms. The van der Waals surface area contributed by atoms with Crippen molar-refractivity contribution < 1.29 is 9.21 Å². The van der Waals surface area contributed by atoms with Crippen LogP contribution in [0.2, 0.25) is 5.02 Å². The summed E-state index contributed by atoms with van der Waals surface area (Å²) in [6, 6.07) is 15.4. The molecule has 4 nitrogen and oxygen atoms in total. The molecule has 0 aliphatic heterocycles. The summed E-state index contributed by atoms with van der Waals surface area (Å²) in [5.74, 6) is 0.282. The van der Waals surface area contributed by atoms with Crippen molar-refractivity contribution in [1.82, 2.24) is 9.47 Å². The van der Waals surface area contributed by atoms with E-state index < -0.39 is 0 Å². The fourth-order valence-electron chi connectivity index (χ4n) is 2.92. The lowest BCUT2D eigenvalue weighted by molar-refractivity contribution is 0.0634. The molecule has 1 amide bonds. The quantitative estimate of drug-likeness (QED) is 0.571. The largest absolute Gasteiger partial charge is 0.459 e. The molecule has 1 aromatic carbocycles. The van der Waals surface area contributed by atoms with Crippen molar-refractivity contribution in [1.29, 1.82) is 0 Å². The molecule has 0 aliphatic rings. The van der Waals surface area contributed by atoms with Crippen LogP contribution in [0.5, 0.6) is 0 Å². The van der Waals surface area contributed by atoms with Gasteiger partial charge in [0, 0.05) is 29.5 Å². The van der Waals surface area contributed by atoms with Crippen molar-refractivity contribution in [2.24, 2.45) is 0 Å². The summed E-state index contributed by atoms with van der Waals surface area (Å²) < 4.78 is 7.45. The van der Waals surface area contributed by atoms with Crippen LogP contribution < -0.4 is 0 Å². The number of carbonyl (C=O) groups excluding carboxylic acids is 1. The molecule has 0 N–H and O–H groups in total. The van der Waals surface area contributed by atoms with Gasteiger partial charge in [-0.15, -0.1) is 0 Å². The number of furan rings is 1. The first-order valence-corrected chi connectivity index (χ1v) is 9.19. The van der Waals surface area contributed by atoms with Crippen LogP contribution in [0, 0.1) is 0 Å². The first-order valence-electron chi connectivity index (χ1n) is 8.82. The van der Waals surface area contributed by atoms with Crippen LogP contribution in [0.4, 0.5) is 0 Å². The molecule has 1 atom stereocenters. The summed E-state index contributed by atoms with van der Waals surface area (Å²) in [5, 5.41) is 0.748. The van der Waals surface area contributed by atoms with E-state index >= 15 is 0 Å². The van der Waals surface area contributed by atoms with E-state index in [1.54, 1.807) is 12.1 Å². The Morgan fingerprint density at radius 2 is 2.00 bits per heavy atom. The zero-order valence-electron chi connectivity index (χ0n) is 15.1. The number of benzene rings is 1. The molecule has 0 fully saturated rings. The van der Waals surface area contributed by atoms with Gasteiger partial charge in [-0.25, -0.2) is 0 Å². The van der Waals surface area contributed by atoms with Gasteiger partial charge in [-0.05, 0) is 49.2 Å². The number of rotatable bonds is 7. The highest BCUT2D eigenvalue weighted by molar-refractivity contribution is 6.31. The zero-order valence-corrected chi connectivity index (χ0v) is 15.8. The lowest BCUT2D eigenvalue weighted by atomic mass is 10.2. The molecule has 136 valence electrons. The van der Waals surface area contributed by atoms with E-state index in [2.05, 4.69) is 18.4 Å². The van der Waals surface area contributed by atoms with E-state index in [-0.39, 0.29) is 11.9 Å². The van der Waals surface area contributed by atoms with Gasteiger partial charge in [0.15, 0.2) is 5.76 Å². The SMILES string of the molecule is CCC(C)N(Cc1cccn1Cc1ccccc1Cl)C(=O)c1ccco1. The Morgan fingerprint density at radius 1 is 1.19 bits per heavy atom. The molecule has 0 bridgehead atoms. The van der Waals surface area contributed by atoms with Gasteiger partial charge in [0.05, 0.1) is 12.8 Å². The van der Waals surface area contributed by atoms with Crippen LogP contribution in [0.3, 0.4) is 0 Å². The van der Waals surface area contributed by atoms with Crippen molar-refractivity contribution in [2.45, 2.75) is 39.4 Å². The van der Waals surface area contributed by atoms with Crippen molar-refractivity contribution in [2.75, 3.05) is 0 Å². The van der Waals surface area contributed by atoms with Crippen molar-refractivity contribution in [3.8, 4) is 0 Å². The highest BCUT2D eigenvalue weighted by Gasteiger charge is 2.23. The summed E-state index contributed by atoms with van der Waals surface area (Å²) >= 11 is 6.30. The average molecular weight is 371 g/mol. The second-order valence-corrected chi connectivity index (χ2v) is 6.79. The Bertz CT molecular complexity index is 855. The summed E-state index contributed by atoms with van der Waals surface area (Å²) in [4.78, 5) is 14.7. The third-order valence-electron chi connectivity index (χ3n) is 4.67. The van der Waals surface area contributed by atoms with Crippen LogP contribution in [0.25, 0.3) is 0 Å². The highest BCUT2D eigenvalue weighted by atomic mass is 35.5. The van der Waals surface area contributed by atoms with E-state index in [1.807, 2.05) is 47.5 Å².